The summed E-state index contributed by atoms with van der Waals surface area (Å²) in [6, 6.07) is 9.98. The molecule has 0 unspecified atom stereocenters. The maximum atomic E-state index is 12.1. The summed E-state index contributed by atoms with van der Waals surface area (Å²) in [5.74, 6) is -0.195. The molecule has 2 rings (SSSR count). The van der Waals surface area contributed by atoms with Crippen molar-refractivity contribution >= 4 is 33.0 Å². The standard InChI is InChI=1S/C14H16N2O3S2/c1-11(17)16-12-4-6-14(7-5-12)21(18,19)15-9-8-13-3-2-10-20-13/h2-7,10,15H,8-9H2,1H3,(H,16,17). The molecule has 0 aliphatic rings. The highest BCUT2D eigenvalue weighted by atomic mass is 32.2. The monoisotopic (exact) mass is 324 g/mol. The Morgan fingerprint density at radius 1 is 1.19 bits per heavy atom. The number of hydrogen-bond acceptors (Lipinski definition) is 4. The minimum atomic E-state index is -3.52. The lowest BCUT2D eigenvalue weighted by Crippen LogP contribution is -2.25. The highest BCUT2D eigenvalue weighted by Gasteiger charge is 2.13. The average Bonchev–Trinajstić information content (AvgIpc) is 2.91. The van der Waals surface area contributed by atoms with Crippen LogP contribution >= 0.6 is 11.3 Å². The van der Waals surface area contributed by atoms with Gasteiger partial charge >= 0.3 is 0 Å². The molecular formula is C14H16N2O3S2. The number of nitrogens with one attached hydrogen (secondary N) is 2. The fourth-order valence-electron chi connectivity index (χ4n) is 1.77. The summed E-state index contributed by atoms with van der Waals surface area (Å²) in [5, 5.41) is 4.56. The number of benzene rings is 1. The topological polar surface area (TPSA) is 75.3 Å². The van der Waals surface area contributed by atoms with Gasteiger partial charge in [-0.25, -0.2) is 13.1 Å². The summed E-state index contributed by atoms with van der Waals surface area (Å²) in [6.45, 7) is 1.76. The Bertz CT molecular complexity index is 692. The second-order valence-electron chi connectivity index (χ2n) is 4.43. The second kappa shape index (κ2) is 6.84. The normalized spacial score (nSPS) is 11.3. The highest BCUT2D eigenvalue weighted by molar-refractivity contribution is 7.89. The first kappa shape index (κ1) is 15.7. The molecule has 1 amide bonds. The summed E-state index contributed by atoms with van der Waals surface area (Å²) in [5.41, 5.74) is 0.569. The van der Waals surface area contributed by atoms with E-state index in [0.29, 0.717) is 18.7 Å². The summed E-state index contributed by atoms with van der Waals surface area (Å²) in [4.78, 5) is 12.2. The molecule has 0 radical (unpaired) electrons. The van der Waals surface area contributed by atoms with Crippen molar-refractivity contribution in [2.75, 3.05) is 11.9 Å². The number of sulfonamides is 1. The molecule has 1 aromatic carbocycles. The zero-order chi connectivity index (χ0) is 15.3. The van der Waals surface area contributed by atoms with Gasteiger partial charge in [0.15, 0.2) is 0 Å². The predicted molar refractivity (Wildman–Crippen MR) is 84.0 cm³/mol. The van der Waals surface area contributed by atoms with Crippen molar-refractivity contribution in [3.8, 4) is 0 Å². The van der Waals surface area contributed by atoms with Gasteiger partial charge in [-0.05, 0) is 42.1 Å². The zero-order valence-electron chi connectivity index (χ0n) is 11.5. The number of thiophene rings is 1. The van der Waals surface area contributed by atoms with Gasteiger partial charge < -0.3 is 5.32 Å². The molecule has 1 aromatic heterocycles. The molecular weight excluding hydrogens is 308 g/mol. The molecule has 0 bridgehead atoms. The number of amides is 1. The lowest BCUT2D eigenvalue weighted by Gasteiger charge is -2.07. The van der Waals surface area contributed by atoms with Gasteiger partial charge in [0.05, 0.1) is 4.90 Å². The van der Waals surface area contributed by atoms with E-state index in [2.05, 4.69) is 10.0 Å². The van der Waals surface area contributed by atoms with Crippen LogP contribution in [0.4, 0.5) is 5.69 Å². The van der Waals surface area contributed by atoms with Gasteiger partial charge in [-0.1, -0.05) is 6.07 Å². The summed E-state index contributed by atoms with van der Waals surface area (Å²) in [7, 11) is -3.52. The Labute approximate surface area is 128 Å². The lowest BCUT2D eigenvalue weighted by atomic mass is 10.3. The van der Waals surface area contributed by atoms with Crippen molar-refractivity contribution < 1.29 is 13.2 Å². The van der Waals surface area contributed by atoms with Crippen LogP contribution in [-0.2, 0) is 21.2 Å². The fourth-order valence-corrected chi connectivity index (χ4v) is 3.51. The van der Waals surface area contributed by atoms with Crippen molar-refractivity contribution in [3.63, 3.8) is 0 Å². The summed E-state index contributed by atoms with van der Waals surface area (Å²) < 4.78 is 26.8. The molecule has 0 spiro atoms. The molecule has 0 atom stereocenters. The third kappa shape index (κ3) is 4.66. The Morgan fingerprint density at radius 3 is 2.48 bits per heavy atom. The van der Waals surface area contributed by atoms with E-state index < -0.39 is 10.0 Å². The Balaban J connectivity index is 1.96. The minimum Gasteiger partial charge on any atom is -0.326 e. The Kier molecular flexibility index (Phi) is 5.11. The summed E-state index contributed by atoms with van der Waals surface area (Å²) >= 11 is 1.60. The van der Waals surface area contributed by atoms with Crippen molar-refractivity contribution in [1.29, 1.82) is 0 Å². The van der Waals surface area contributed by atoms with Crippen molar-refractivity contribution in [2.45, 2.75) is 18.2 Å². The SMILES string of the molecule is CC(=O)Nc1ccc(S(=O)(=O)NCCc2cccs2)cc1. The smallest absolute Gasteiger partial charge is 0.240 e. The number of anilines is 1. The van der Waals surface area contributed by atoms with Gasteiger partial charge in [-0.2, -0.15) is 0 Å². The van der Waals surface area contributed by atoms with E-state index in [1.807, 2.05) is 17.5 Å². The molecule has 21 heavy (non-hydrogen) atoms. The highest BCUT2D eigenvalue weighted by Crippen LogP contribution is 2.14. The Hall–Kier alpha value is -1.70. The first-order valence-corrected chi connectivity index (χ1v) is 8.73. The average molecular weight is 324 g/mol. The van der Waals surface area contributed by atoms with E-state index in [0.717, 1.165) is 4.88 Å². The number of carbonyl (C=O) groups excluding carboxylic acids is 1. The molecule has 0 aliphatic carbocycles. The number of rotatable bonds is 6. The van der Waals surface area contributed by atoms with Gasteiger partial charge in [0.1, 0.15) is 0 Å². The number of carbonyl (C=O) groups is 1. The molecule has 2 aromatic rings. The number of hydrogen-bond donors (Lipinski definition) is 2. The van der Waals surface area contributed by atoms with E-state index in [4.69, 9.17) is 0 Å². The van der Waals surface area contributed by atoms with E-state index in [1.54, 1.807) is 23.5 Å². The van der Waals surface area contributed by atoms with Crippen LogP contribution in [0.1, 0.15) is 11.8 Å². The third-order valence-electron chi connectivity index (χ3n) is 2.73. The van der Waals surface area contributed by atoms with Crippen molar-refractivity contribution in [2.24, 2.45) is 0 Å². The van der Waals surface area contributed by atoms with Gasteiger partial charge in [0.25, 0.3) is 0 Å². The van der Waals surface area contributed by atoms with E-state index in [-0.39, 0.29) is 10.8 Å². The first-order valence-electron chi connectivity index (χ1n) is 6.37. The van der Waals surface area contributed by atoms with E-state index in [9.17, 15) is 13.2 Å². The van der Waals surface area contributed by atoms with Crippen LogP contribution in [-0.4, -0.2) is 20.9 Å². The van der Waals surface area contributed by atoms with Crippen molar-refractivity contribution in [1.82, 2.24) is 4.72 Å². The maximum Gasteiger partial charge on any atom is 0.240 e. The largest absolute Gasteiger partial charge is 0.326 e. The van der Waals surface area contributed by atoms with Crippen LogP contribution in [0, 0.1) is 0 Å². The van der Waals surface area contributed by atoms with Gasteiger partial charge in [-0.3, -0.25) is 4.79 Å². The quantitative estimate of drug-likeness (QED) is 0.855. The molecule has 5 nitrogen and oxygen atoms in total. The molecule has 0 saturated carbocycles. The Morgan fingerprint density at radius 2 is 1.90 bits per heavy atom. The lowest BCUT2D eigenvalue weighted by molar-refractivity contribution is -0.114. The first-order chi connectivity index (χ1) is 9.97. The van der Waals surface area contributed by atoms with E-state index >= 15 is 0 Å². The van der Waals surface area contributed by atoms with Crippen LogP contribution < -0.4 is 10.0 Å². The zero-order valence-corrected chi connectivity index (χ0v) is 13.1. The molecule has 0 saturated heterocycles. The van der Waals surface area contributed by atoms with Gasteiger partial charge in [0, 0.05) is 24.0 Å². The van der Waals surface area contributed by atoms with Crippen LogP contribution in [0.3, 0.4) is 0 Å². The van der Waals surface area contributed by atoms with Crippen LogP contribution in [0.5, 0.6) is 0 Å². The van der Waals surface area contributed by atoms with Gasteiger partial charge in [-0.15, -0.1) is 11.3 Å². The molecule has 2 N–H and O–H groups in total. The van der Waals surface area contributed by atoms with Crippen LogP contribution in [0.2, 0.25) is 0 Å². The van der Waals surface area contributed by atoms with Crippen LogP contribution in [0.15, 0.2) is 46.7 Å². The maximum absolute atomic E-state index is 12.1. The molecule has 0 fully saturated rings. The van der Waals surface area contributed by atoms with Gasteiger partial charge in [0.2, 0.25) is 15.9 Å². The second-order valence-corrected chi connectivity index (χ2v) is 7.23. The third-order valence-corrected chi connectivity index (χ3v) is 5.14. The molecule has 0 aliphatic heterocycles. The molecule has 7 heteroatoms. The van der Waals surface area contributed by atoms with Crippen molar-refractivity contribution in [3.05, 3.63) is 46.7 Å². The fraction of sp³-hybridized carbons (Fsp3) is 0.214. The summed E-state index contributed by atoms with van der Waals surface area (Å²) in [6.07, 6.45) is 0.668. The minimum absolute atomic E-state index is 0.183. The molecule has 112 valence electrons. The van der Waals surface area contributed by atoms with Crippen LogP contribution in [0.25, 0.3) is 0 Å². The van der Waals surface area contributed by atoms with E-state index in [1.165, 1.54) is 19.1 Å². The molecule has 1 heterocycles. The predicted octanol–water partition coefficient (Wildman–Crippen LogP) is 2.23.